The second-order valence-electron chi connectivity index (χ2n) is 4.75. The molecule has 1 unspecified atom stereocenters. The van der Waals surface area contributed by atoms with E-state index in [0.717, 1.165) is 0 Å². The number of piperidine rings is 1. The summed E-state index contributed by atoms with van der Waals surface area (Å²) >= 11 is 0. The van der Waals surface area contributed by atoms with Crippen molar-refractivity contribution in [3.63, 3.8) is 0 Å². The monoisotopic (exact) mass is 271 g/mol. The molecule has 0 radical (unpaired) electrons. The molecule has 19 heavy (non-hydrogen) atoms. The van der Waals surface area contributed by atoms with Crippen LogP contribution < -0.4 is 5.32 Å². The Morgan fingerprint density at radius 2 is 2.11 bits per heavy atom. The van der Waals surface area contributed by atoms with Gasteiger partial charge in [-0.05, 0) is 12.8 Å². The lowest BCUT2D eigenvalue weighted by Gasteiger charge is -2.33. The van der Waals surface area contributed by atoms with Crippen LogP contribution in [0.2, 0.25) is 0 Å². The van der Waals surface area contributed by atoms with Gasteiger partial charge >= 0.3 is 12.0 Å². The van der Waals surface area contributed by atoms with Gasteiger partial charge in [0.25, 0.3) is 0 Å². The number of carboxylic acids is 1. The van der Waals surface area contributed by atoms with Crippen LogP contribution in [0.5, 0.6) is 0 Å². The Labute approximate surface area is 112 Å². The Morgan fingerprint density at radius 1 is 1.42 bits per heavy atom. The molecule has 0 aliphatic carbocycles. The first-order chi connectivity index (χ1) is 8.95. The lowest BCUT2D eigenvalue weighted by atomic mass is 9.99. The van der Waals surface area contributed by atoms with Gasteiger partial charge in [-0.3, -0.25) is 9.59 Å². The first-order valence-corrected chi connectivity index (χ1v) is 6.39. The van der Waals surface area contributed by atoms with Gasteiger partial charge in [-0.25, -0.2) is 4.79 Å². The van der Waals surface area contributed by atoms with E-state index in [2.05, 4.69) is 5.32 Å². The van der Waals surface area contributed by atoms with Gasteiger partial charge in [0, 0.05) is 40.2 Å². The highest BCUT2D eigenvalue weighted by molar-refractivity contribution is 5.78. The van der Waals surface area contributed by atoms with Crippen molar-refractivity contribution in [1.29, 1.82) is 0 Å². The fourth-order valence-corrected chi connectivity index (χ4v) is 2.08. The maximum atomic E-state index is 12.1. The zero-order valence-corrected chi connectivity index (χ0v) is 11.4. The molecule has 1 rings (SSSR count). The molecule has 0 aromatic rings. The second kappa shape index (κ2) is 6.96. The van der Waals surface area contributed by atoms with Gasteiger partial charge in [0.1, 0.15) is 0 Å². The van der Waals surface area contributed by atoms with Crippen LogP contribution in [0.3, 0.4) is 0 Å². The fourth-order valence-electron chi connectivity index (χ4n) is 2.08. The van der Waals surface area contributed by atoms with Gasteiger partial charge in [-0.1, -0.05) is 0 Å². The number of amides is 3. The zero-order chi connectivity index (χ0) is 14.4. The molecule has 1 fully saturated rings. The summed E-state index contributed by atoms with van der Waals surface area (Å²) < 4.78 is 0. The van der Waals surface area contributed by atoms with Gasteiger partial charge in [0.15, 0.2) is 0 Å². The van der Waals surface area contributed by atoms with Gasteiger partial charge in [0.2, 0.25) is 5.91 Å². The van der Waals surface area contributed by atoms with E-state index < -0.39 is 11.9 Å². The minimum atomic E-state index is -0.856. The van der Waals surface area contributed by atoms with Crippen LogP contribution in [0.4, 0.5) is 4.79 Å². The molecule has 1 atom stereocenters. The van der Waals surface area contributed by atoms with Crippen LogP contribution >= 0.6 is 0 Å². The summed E-state index contributed by atoms with van der Waals surface area (Å²) in [5.41, 5.74) is 0. The van der Waals surface area contributed by atoms with Crippen molar-refractivity contribution in [2.45, 2.75) is 19.3 Å². The molecule has 1 aliphatic heterocycles. The Morgan fingerprint density at radius 3 is 2.68 bits per heavy atom. The molecule has 1 saturated heterocycles. The van der Waals surface area contributed by atoms with Gasteiger partial charge in [-0.15, -0.1) is 0 Å². The van der Waals surface area contributed by atoms with Crippen LogP contribution in [0.25, 0.3) is 0 Å². The Bertz CT molecular complexity index is 359. The van der Waals surface area contributed by atoms with Crippen LogP contribution in [0, 0.1) is 5.92 Å². The van der Waals surface area contributed by atoms with Gasteiger partial charge in [0.05, 0.1) is 5.92 Å². The molecule has 1 heterocycles. The highest BCUT2D eigenvalue weighted by atomic mass is 16.4. The van der Waals surface area contributed by atoms with Crippen LogP contribution in [-0.4, -0.2) is 66.5 Å². The number of hydrogen-bond acceptors (Lipinski definition) is 3. The number of aliphatic carboxylic acids is 1. The molecular weight excluding hydrogens is 250 g/mol. The number of carbonyl (C=O) groups is 3. The lowest BCUT2D eigenvalue weighted by molar-refractivity contribution is -0.143. The van der Waals surface area contributed by atoms with E-state index in [1.54, 1.807) is 19.0 Å². The van der Waals surface area contributed by atoms with E-state index in [1.165, 1.54) is 4.90 Å². The SMILES string of the molecule is CNC(=O)CCN(C)C(=O)N1CCCC(C(=O)O)C1. The molecule has 0 saturated carbocycles. The van der Waals surface area contributed by atoms with E-state index in [1.807, 2.05) is 0 Å². The number of likely N-dealkylation sites (tertiary alicyclic amines) is 1. The summed E-state index contributed by atoms with van der Waals surface area (Å²) in [7, 11) is 3.17. The number of urea groups is 1. The lowest BCUT2D eigenvalue weighted by Crippen LogP contribution is -2.48. The van der Waals surface area contributed by atoms with Crippen molar-refractivity contribution in [2.24, 2.45) is 5.92 Å². The van der Waals surface area contributed by atoms with Crippen molar-refractivity contribution in [3.05, 3.63) is 0 Å². The minimum Gasteiger partial charge on any atom is -0.481 e. The second-order valence-corrected chi connectivity index (χ2v) is 4.75. The number of carbonyl (C=O) groups excluding carboxylic acids is 2. The largest absolute Gasteiger partial charge is 0.481 e. The average molecular weight is 271 g/mol. The highest BCUT2D eigenvalue weighted by Gasteiger charge is 2.29. The third kappa shape index (κ3) is 4.42. The van der Waals surface area contributed by atoms with Crippen molar-refractivity contribution in [2.75, 3.05) is 33.7 Å². The van der Waals surface area contributed by atoms with Crippen LogP contribution in [-0.2, 0) is 9.59 Å². The predicted octanol–water partition coefficient (Wildman–Crippen LogP) is -0.0291. The standard InChI is InChI=1S/C12H21N3O4/c1-13-10(16)5-7-14(2)12(19)15-6-3-4-9(8-15)11(17)18/h9H,3-8H2,1-2H3,(H,13,16)(H,17,18). The molecule has 3 amide bonds. The smallest absolute Gasteiger partial charge is 0.319 e. The molecule has 2 N–H and O–H groups in total. The van der Waals surface area contributed by atoms with Crippen LogP contribution in [0.1, 0.15) is 19.3 Å². The summed E-state index contributed by atoms with van der Waals surface area (Å²) in [4.78, 5) is 37.2. The fraction of sp³-hybridized carbons (Fsp3) is 0.750. The van der Waals surface area contributed by atoms with Crippen LogP contribution in [0.15, 0.2) is 0 Å². The van der Waals surface area contributed by atoms with E-state index >= 15 is 0 Å². The Kier molecular flexibility index (Phi) is 5.59. The maximum Gasteiger partial charge on any atom is 0.319 e. The number of nitrogens with zero attached hydrogens (tertiary/aromatic N) is 2. The summed E-state index contributed by atoms with van der Waals surface area (Å²) in [6, 6.07) is -0.213. The van der Waals surface area contributed by atoms with Gasteiger partial charge in [-0.2, -0.15) is 0 Å². The highest BCUT2D eigenvalue weighted by Crippen LogP contribution is 2.17. The maximum absolute atomic E-state index is 12.1. The predicted molar refractivity (Wildman–Crippen MR) is 68.6 cm³/mol. The van der Waals surface area contributed by atoms with E-state index in [4.69, 9.17) is 5.11 Å². The Balaban J connectivity index is 2.47. The third-order valence-electron chi connectivity index (χ3n) is 3.32. The molecule has 1 aliphatic rings. The molecule has 0 aromatic heterocycles. The minimum absolute atomic E-state index is 0.123. The van der Waals surface area contributed by atoms with Crippen molar-refractivity contribution >= 4 is 17.9 Å². The topological polar surface area (TPSA) is 90.0 Å². The van der Waals surface area contributed by atoms with E-state index in [0.29, 0.717) is 25.9 Å². The number of carboxylic acid groups (broad SMARTS) is 1. The molecule has 0 bridgehead atoms. The van der Waals surface area contributed by atoms with E-state index in [-0.39, 0.29) is 24.9 Å². The third-order valence-corrected chi connectivity index (χ3v) is 3.32. The normalized spacial score (nSPS) is 18.8. The summed E-state index contributed by atoms with van der Waals surface area (Å²) in [5.74, 6) is -1.46. The quantitative estimate of drug-likeness (QED) is 0.751. The molecule has 0 spiro atoms. The van der Waals surface area contributed by atoms with Gasteiger partial charge < -0.3 is 20.2 Å². The van der Waals surface area contributed by atoms with Crippen molar-refractivity contribution in [1.82, 2.24) is 15.1 Å². The summed E-state index contributed by atoms with van der Waals surface area (Å²) in [6.07, 6.45) is 1.56. The zero-order valence-electron chi connectivity index (χ0n) is 11.4. The molecule has 7 heteroatoms. The average Bonchev–Trinajstić information content (AvgIpc) is 2.43. The molecule has 7 nitrogen and oxygen atoms in total. The van der Waals surface area contributed by atoms with Crippen molar-refractivity contribution in [3.8, 4) is 0 Å². The van der Waals surface area contributed by atoms with E-state index in [9.17, 15) is 14.4 Å². The van der Waals surface area contributed by atoms with Crippen molar-refractivity contribution < 1.29 is 19.5 Å². The number of rotatable bonds is 4. The molecule has 108 valence electrons. The summed E-state index contributed by atoms with van der Waals surface area (Å²) in [5, 5.41) is 11.5. The Hall–Kier alpha value is -1.79. The summed E-state index contributed by atoms with van der Waals surface area (Å²) in [6.45, 7) is 1.15. The molecule has 0 aromatic carbocycles. The number of hydrogen-bond donors (Lipinski definition) is 2. The molecular formula is C12H21N3O4. The number of nitrogens with one attached hydrogen (secondary N) is 1. The first-order valence-electron chi connectivity index (χ1n) is 6.39. The first kappa shape index (κ1) is 15.3.